The lowest BCUT2D eigenvalue weighted by molar-refractivity contribution is 0.0458. The van der Waals surface area contributed by atoms with E-state index in [0.29, 0.717) is 43.3 Å². The molecule has 50 heavy (non-hydrogen) atoms. The number of carbonyl (C=O) groups excluding carboxylic acids is 2. The number of methoxy groups -OCH3 is 1. The summed E-state index contributed by atoms with van der Waals surface area (Å²) in [5.41, 5.74) is 2.98. The molecule has 2 N–H and O–H groups in total. The van der Waals surface area contributed by atoms with Gasteiger partial charge in [0.15, 0.2) is 0 Å². The minimum atomic E-state index is -3.58. The van der Waals surface area contributed by atoms with Crippen molar-refractivity contribution >= 4 is 39.0 Å². The molecule has 0 radical (unpaired) electrons. The quantitative estimate of drug-likeness (QED) is 0.301. The zero-order valence-electron chi connectivity index (χ0n) is 29.1. The van der Waals surface area contributed by atoms with Gasteiger partial charge in [-0.05, 0) is 85.4 Å². The van der Waals surface area contributed by atoms with Crippen LogP contribution < -0.4 is 19.1 Å². The number of hydrogen-bond donors (Lipinski definition) is 2. The number of nitrogens with one attached hydrogen (secondary N) is 1. The third-order valence-corrected chi connectivity index (χ3v) is 12.1. The molecule has 3 aromatic rings. The molecule has 13 heteroatoms. The fourth-order valence-corrected chi connectivity index (χ4v) is 9.14. The number of anilines is 1. The molecule has 3 heterocycles. The van der Waals surface area contributed by atoms with E-state index in [9.17, 15) is 18.9 Å². The number of carbonyl (C=O) groups is 2. The molecule has 1 saturated carbocycles. The van der Waals surface area contributed by atoms with E-state index in [1.165, 1.54) is 29.1 Å². The van der Waals surface area contributed by atoms with Crippen LogP contribution in [0.1, 0.15) is 77.8 Å². The summed E-state index contributed by atoms with van der Waals surface area (Å²) in [6, 6.07) is 11.2. The van der Waals surface area contributed by atoms with E-state index in [1.54, 1.807) is 25.2 Å². The van der Waals surface area contributed by atoms with Crippen molar-refractivity contribution in [3.63, 3.8) is 0 Å². The van der Waals surface area contributed by atoms with Crippen molar-refractivity contribution in [3.8, 4) is 11.6 Å². The second-order valence-electron chi connectivity index (χ2n) is 13.9. The SMILES string of the molecule is CCCc1cc(Cl)ccc1[C@]1(C)COc2ccc3cc2N(C[C@@H]2CC[C@H]2[C@@H](O)/C=C\CCC[S@@](=O)(NC(=O)c2cn(C)nc2OC)=NC3=O)C1. The Hall–Kier alpha value is -3.87. The molecule has 0 saturated heterocycles. The lowest BCUT2D eigenvalue weighted by Gasteiger charge is -2.44. The summed E-state index contributed by atoms with van der Waals surface area (Å²) in [5.74, 6) is -0.464. The standard InChI is InChI=1S/C37H46ClN5O6S/c1-5-9-24-18-27(38)13-15-30(24)37(2)22-43-20-26-11-14-28(26)32(44)10-7-6-8-17-50(47,41-35(46)29-21-42(3)39-36(29)48-4)40-34(45)25-12-16-33(49-23-37)31(43)19-25/h7,10,12-13,15-16,18-19,21,26,28,32,44H,5-6,8-9,11,14,17,20,22-23H2,1-4H3,(H,40,41,45,46,47)/b10-7-/t26-,28+,32-,37-,50-/m0/s1. The second-order valence-corrected chi connectivity index (χ2v) is 16.4. The number of halogens is 1. The van der Waals surface area contributed by atoms with Crippen LogP contribution in [0.5, 0.6) is 11.6 Å². The van der Waals surface area contributed by atoms with Crippen molar-refractivity contribution in [3.05, 3.63) is 82.0 Å². The number of aliphatic hydroxyl groups is 1. The maximum Gasteiger partial charge on any atom is 0.286 e. The van der Waals surface area contributed by atoms with Gasteiger partial charge in [-0.1, -0.05) is 50.1 Å². The van der Waals surface area contributed by atoms with Gasteiger partial charge in [0.05, 0.1) is 31.3 Å². The van der Waals surface area contributed by atoms with Crippen LogP contribution in [0.4, 0.5) is 5.69 Å². The zero-order chi connectivity index (χ0) is 35.6. The summed E-state index contributed by atoms with van der Waals surface area (Å²) in [6.07, 6.45) is 9.14. The first kappa shape index (κ1) is 35.9. The summed E-state index contributed by atoms with van der Waals surface area (Å²) in [4.78, 5) is 29.5. The van der Waals surface area contributed by atoms with Crippen LogP contribution in [0.25, 0.3) is 0 Å². The maximum absolute atomic E-state index is 14.3. The largest absolute Gasteiger partial charge is 0.490 e. The third-order valence-electron chi connectivity index (χ3n) is 10.1. The van der Waals surface area contributed by atoms with Crippen LogP contribution in [0.3, 0.4) is 0 Å². The van der Waals surface area contributed by atoms with E-state index >= 15 is 0 Å². The molecule has 1 aliphatic carbocycles. The Morgan fingerprint density at radius 1 is 1.24 bits per heavy atom. The summed E-state index contributed by atoms with van der Waals surface area (Å²) >= 11 is 6.45. The first-order valence-electron chi connectivity index (χ1n) is 17.3. The lowest BCUT2D eigenvalue weighted by atomic mass is 9.70. The molecule has 2 aliphatic heterocycles. The van der Waals surface area contributed by atoms with E-state index in [-0.39, 0.29) is 34.6 Å². The molecule has 2 aromatic carbocycles. The number of amides is 2. The fourth-order valence-electron chi connectivity index (χ4n) is 7.37. The molecular weight excluding hydrogens is 678 g/mol. The number of fused-ring (bicyclic) bond motifs is 2. The van der Waals surface area contributed by atoms with Gasteiger partial charge in [0.2, 0.25) is 5.88 Å². The number of rotatable bonds is 6. The molecule has 2 amide bonds. The van der Waals surface area contributed by atoms with Gasteiger partial charge >= 0.3 is 0 Å². The van der Waals surface area contributed by atoms with Crippen LogP contribution >= 0.6 is 11.6 Å². The Bertz CT molecular complexity index is 1920. The molecule has 3 aliphatic rings. The zero-order valence-corrected chi connectivity index (χ0v) is 30.6. The van der Waals surface area contributed by atoms with E-state index in [2.05, 4.69) is 39.0 Å². The molecule has 6 rings (SSSR count). The number of aryl methyl sites for hydroxylation is 2. The van der Waals surface area contributed by atoms with Crippen molar-refractivity contribution < 1.29 is 28.4 Å². The summed E-state index contributed by atoms with van der Waals surface area (Å²) in [5, 5.41) is 16.0. The molecule has 0 spiro atoms. The van der Waals surface area contributed by atoms with Crippen LogP contribution in [-0.2, 0) is 28.8 Å². The van der Waals surface area contributed by atoms with E-state index in [4.69, 9.17) is 21.1 Å². The Labute approximate surface area is 299 Å². The van der Waals surface area contributed by atoms with Crippen molar-refractivity contribution in [2.24, 2.45) is 23.2 Å². The van der Waals surface area contributed by atoms with E-state index in [1.807, 2.05) is 24.3 Å². The second kappa shape index (κ2) is 14.8. The maximum atomic E-state index is 14.3. The van der Waals surface area contributed by atoms with Gasteiger partial charge in [-0.15, -0.1) is 9.46 Å². The highest BCUT2D eigenvalue weighted by Crippen LogP contribution is 2.44. The van der Waals surface area contributed by atoms with Crippen LogP contribution in [0, 0.1) is 11.8 Å². The minimum Gasteiger partial charge on any atom is -0.490 e. The summed E-state index contributed by atoms with van der Waals surface area (Å²) in [7, 11) is -0.553. The monoisotopic (exact) mass is 723 g/mol. The fraction of sp³-hybridized carbons (Fsp3) is 0.486. The first-order valence-corrected chi connectivity index (χ1v) is 19.3. The molecular formula is C37H46ClN5O6S. The average Bonchev–Trinajstić information content (AvgIpc) is 3.38. The lowest BCUT2D eigenvalue weighted by Crippen LogP contribution is -2.47. The Morgan fingerprint density at radius 2 is 2.06 bits per heavy atom. The van der Waals surface area contributed by atoms with Gasteiger partial charge in [-0.25, -0.2) is 4.21 Å². The number of ether oxygens (including phenoxy) is 2. The van der Waals surface area contributed by atoms with Gasteiger partial charge in [-0.2, -0.15) is 0 Å². The minimum absolute atomic E-state index is 0.0667. The molecule has 2 bridgehead atoms. The molecule has 5 atom stereocenters. The summed E-state index contributed by atoms with van der Waals surface area (Å²) < 4.78 is 34.2. The molecule has 11 nitrogen and oxygen atoms in total. The predicted octanol–water partition coefficient (Wildman–Crippen LogP) is 5.88. The van der Waals surface area contributed by atoms with Gasteiger partial charge in [-0.3, -0.25) is 19.0 Å². The molecule has 1 aromatic heterocycles. The Kier molecular flexibility index (Phi) is 10.6. The normalized spacial score (nSPS) is 27.5. The highest BCUT2D eigenvalue weighted by Gasteiger charge is 2.41. The van der Waals surface area contributed by atoms with Crippen molar-refractivity contribution in [2.45, 2.75) is 63.9 Å². The number of hydrogen-bond acceptors (Lipinski definition) is 8. The van der Waals surface area contributed by atoms with Gasteiger partial charge < -0.3 is 19.5 Å². The molecule has 1 fully saturated rings. The smallest absolute Gasteiger partial charge is 0.286 e. The average molecular weight is 724 g/mol. The number of nitrogens with zero attached hydrogens (tertiary/aromatic N) is 4. The van der Waals surface area contributed by atoms with E-state index in [0.717, 1.165) is 31.4 Å². The number of allylic oxidation sites excluding steroid dienone is 1. The Morgan fingerprint density at radius 3 is 2.80 bits per heavy atom. The Balaban J connectivity index is 1.41. The summed E-state index contributed by atoms with van der Waals surface area (Å²) in [6.45, 7) is 6.02. The van der Waals surface area contributed by atoms with Gasteiger partial charge in [0.25, 0.3) is 11.8 Å². The van der Waals surface area contributed by atoms with Crippen LogP contribution in [0.2, 0.25) is 5.02 Å². The third kappa shape index (κ3) is 7.57. The van der Waals surface area contributed by atoms with Crippen LogP contribution in [0.15, 0.2) is 59.1 Å². The van der Waals surface area contributed by atoms with Gasteiger partial charge in [0, 0.05) is 42.3 Å². The molecule has 0 unspecified atom stereocenters. The highest BCUT2D eigenvalue weighted by molar-refractivity contribution is 7.92. The van der Waals surface area contributed by atoms with Gasteiger partial charge in [0.1, 0.15) is 21.2 Å². The van der Waals surface area contributed by atoms with Crippen molar-refractivity contribution in [1.29, 1.82) is 0 Å². The highest BCUT2D eigenvalue weighted by atomic mass is 35.5. The van der Waals surface area contributed by atoms with Crippen molar-refractivity contribution in [1.82, 2.24) is 14.5 Å². The predicted molar refractivity (Wildman–Crippen MR) is 195 cm³/mol. The van der Waals surface area contributed by atoms with E-state index < -0.39 is 33.2 Å². The first-order chi connectivity index (χ1) is 23.9. The number of aliphatic hydroxyl groups excluding tert-OH is 1. The molecule has 268 valence electrons. The number of aromatic nitrogens is 2. The van der Waals surface area contributed by atoms with Crippen LogP contribution in [-0.4, -0.2) is 69.6 Å². The number of benzene rings is 2. The topological polar surface area (TPSA) is 135 Å². The van der Waals surface area contributed by atoms with Crippen molar-refractivity contribution in [2.75, 3.05) is 37.5 Å².